The van der Waals surface area contributed by atoms with Crippen molar-refractivity contribution in [3.63, 3.8) is 0 Å². The van der Waals surface area contributed by atoms with Crippen molar-refractivity contribution in [2.24, 2.45) is 5.92 Å². The molecule has 1 aliphatic carbocycles. The summed E-state index contributed by atoms with van der Waals surface area (Å²) in [7, 11) is 0. The van der Waals surface area contributed by atoms with Crippen LogP contribution >= 0.6 is 11.6 Å². The van der Waals surface area contributed by atoms with Gasteiger partial charge in [0.1, 0.15) is 17.2 Å². The molecule has 1 saturated heterocycles. The molecule has 2 N–H and O–H groups in total. The monoisotopic (exact) mass is 266 g/mol. The lowest BCUT2D eigenvalue weighted by molar-refractivity contribution is 0.243. The lowest BCUT2D eigenvalue weighted by Gasteiger charge is -2.45. The molecule has 98 valence electrons. The third kappa shape index (κ3) is 2.03. The van der Waals surface area contributed by atoms with Crippen molar-refractivity contribution in [2.75, 3.05) is 17.2 Å². The van der Waals surface area contributed by atoms with Gasteiger partial charge in [0.15, 0.2) is 5.82 Å². The third-order valence-electron chi connectivity index (χ3n) is 4.31. The van der Waals surface area contributed by atoms with E-state index in [4.69, 9.17) is 17.3 Å². The van der Waals surface area contributed by atoms with E-state index in [-0.39, 0.29) is 0 Å². The number of hydrogen-bond acceptors (Lipinski definition) is 4. The molecule has 5 heteroatoms. The third-order valence-corrected chi connectivity index (χ3v) is 4.68. The van der Waals surface area contributed by atoms with Crippen LogP contribution in [0, 0.1) is 5.92 Å². The van der Waals surface area contributed by atoms with Gasteiger partial charge in [-0.25, -0.2) is 9.97 Å². The minimum atomic E-state index is 0.389. The Hall–Kier alpha value is -1.03. The number of anilines is 2. The van der Waals surface area contributed by atoms with E-state index in [1.54, 1.807) is 0 Å². The molecule has 0 spiro atoms. The average molecular weight is 267 g/mol. The molecule has 2 heterocycles. The van der Waals surface area contributed by atoms with Crippen molar-refractivity contribution >= 4 is 23.2 Å². The number of nitrogens with zero attached hydrogens (tertiary/aromatic N) is 3. The second-order valence-corrected chi connectivity index (χ2v) is 5.72. The van der Waals surface area contributed by atoms with Gasteiger partial charge >= 0.3 is 0 Å². The Kier molecular flexibility index (Phi) is 3.29. The topological polar surface area (TPSA) is 55.0 Å². The van der Waals surface area contributed by atoms with E-state index in [2.05, 4.69) is 14.9 Å². The minimum Gasteiger partial charge on any atom is -0.382 e. The normalized spacial score (nSPS) is 27.9. The maximum Gasteiger partial charge on any atom is 0.153 e. The molecule has 0 aromatic carbocycles. The highest BCUT2D eigenvalue weighted by Crippen LogP contribution is 2.39. The summed E-state index contributed by atoms with van der Waals surface area (Å²) in [6, 6.07) is 0.597. The van der Waals surface area contributed by atoms with Crippen LogP contribution in [0.5, 0.6) is 0 Å². The zero-order chi connectivity index (χ0) is 12.5. The van der Waals surface area contributed by atoms with Crippen molar-refractivity contribution in [1.29, 1.82) is 0 Å². The molecule has 18 heavy (non-hydrogen) atoms. The Bertz CT molecular complexity index is 435. The van der Waals surface area contributed by atoms with Gasteiger partial charge in [0, 0.05) is 12.6 Å². The molecule has 3 rings (SSSR count). The SMILES string of the molecule is Nc1ncnc(N2CCC[C@H]3CCCC[C@H]32)c1Cl. The largest absolute Gasteiger partial charge is 0.382 e. The number of halogens is 1. The van der Waals surface area contributed by atoms with Gasteiger partial charge in [-0.2, -0.15) is 0 Å². The molecule has 1 saturated carbocycles. The molecule has 0 bridgehead atoms. The standard InChI is InChI=1S/C13H19ClN4/c14-11-12(15)16-8-17-13(11)18-7-3-5-9-4-1-2-6-10(9)18/h8-10H,1-7H2,(H2,15,16,17)/t9-,10-/m1/s1. The van der Waals surface area contributed by atoms with Crippen molar-refractivity contribution in [2.45, 2.75) is 44.6 Å². The van der Waals surface area contributed by atoms with Crippen LogP contribution in [-0.4, -0.2) is 22.6 Å². The van der Waals surface area contributed by atoms with Crippen molar-refractivity contribution < 1.29 is 0 Å². The fourth-order valence-corrected chi connectivity index (χ4v) is 3.67. The summed E-state index contributed by atoms with van der Waals surface area (Å²) >= 11 is 6.27. The predicted octanol–water partition coefficient (Wildman–Crippen LogP) is 2.87. The fraction of sp³-hybridized carbons (Fsp3) is 0.692. The predicted molar refractivity (Wildman–Crippen MR) is 73.8 cm³/mol. The number of aromatic nitrogens is 2. The van der Waals surface area contributed by atoms with E-state index in [9.17, 15) is 0 Å². The molecule has 2 atom stereocenters. The smallest absolute Gasteiger partial charge is 0.153 e. The molecule has 1 aliphatic heterocycles. The van der Waals surface area contributed by atoms with Gasteiger partial charge in [-0.05, 0) is 31.6 Å². The summed E-state index contributed by atoms with van der Waals surface area (Å²) in [5.41, 5.74) is 5.79. The van der Waals surface area contributed by atoms with Gasteiger partial charge in [0.2, 0.25) is 0 Å². The number of hydrogen-bond donors (Lipinski definition) is 1. The number of nitrogens with two attached hydrogens (primary N) is 1. The Morgan fingerprint density at radius 2 is 1.94 bits per heavy atom. The Balaban J connectivity index is 1.92. The number of fused-ring (bicyclic) bond motifs is 1. The summed E-state index contributed by atoms with van der Waals surface area (Å²) in [4.78, 5) is 10.7. The highest BCUT2D eigenvalue weighted by atomic mass is 35.5. The summed E-state index contributed by atoms with van der Waals surface area (Å²) in [5, 5.41) is 0.517. The van der Waals surface area contributed by atoms with Crippen LogP contribution in [0.25, 0.3) is 0 Å². The Morgan fingerprint density at radius 3 is 2.83 bits per heavy atom. The van der Waals surface area contributed by atoms with Crippen LogP contribution in [0.3, 0.4) is 0 Å². The van der Waals surface area contributed by atoms with Crippen molar-refractivity contribution in [3.05, 3.63) is 11.3 Å². The minimum absolute atomic E-state index is 0.389. The Morgan fingerprint density at radius 1 is 1.17 bits per heavy atom. The average Bonchev–Trinajstić information content (AvgIpc) is 2.41. The van der Waals surface area contributed by atoms with E-state index in [0.29, 0.717) is 16.9 Å². The number of rotatable bonds is 1. The second kappa shape index (κ2) is 4.92. The molecular formula is C13H19ClN4. The summed E-state index contributed by atoms with van der Waals surface area (Å²) in [6.07, 6.45) is 9.37. The maximum absolute atomic E-state index is 6.27. The highest BCUT2D eigenvalue weighted by molar-refractivity contribution is 6.35. The lowest BCUT2D eigenvalue weighted by Crippen LogP contribution is -2.47. The van der Waals surface area contributed by atoms with E-state index >= 15 is 0 Å². The van der Waals surface area contributed by atoms with Crippen LogP contribution in [0.15, 0.2) is 6.33 Å². The molecule has 2 fully saturated rings. The van der Waals surface area contributed by atoms with Crippen LogP contribution in [0.2, 0.25) is 5.02 Å². The van der Waals surface area contributed by atoms with E-state index in [1.165, 1.54) is 44.9 Å². The number of piperidine rings is 1. The molecule has 1 aromatic heterocycles. The van der Waals surface area contributed by atoms with Crippen molar-refractivity contribution in [1.82, 2.24) is 9.97 Å². The van der Waals surface area contributed by atoms with Crippen LogP contribution in [-0.2, 0) is 0 Å². The van der Waals surface area contributed by atoms with Gasteiger partial charge < -0.3 is 10.6 Å². The molecule has 2 aliphatic rings. The van der Waals surface area contributed by atoms with Gasteiger partial charge in [-0.15, -0.1) is 0 Å². The molecular weight excluding hydrogens is 248 g/mol. The molecule has 1 aromatic rings. The molecule has 0 radical (unpaired) electrons. The van der Waals surface area contributed by atoms with E-state index in [1.807, 2.05) is 0 Å². The van der Waals surface area contributed by atoms with Crippen LogP contribution in [0.4, 0.5) is 11.6 Å². The van der Waals surface area contributed by atoms with Crippen LogP contribution in [0.1, 0.15) is 38.5 Å². The number of nitrogen functional groups attached to an aromatic ring is 1. The van der Waals surface area contributed by atoms with Gasteiger partial charge in [-0.3, -0.25) is 0 Å². The van der Waals surface area contributed by atoms with Gasteiger partial charge in [0.25, 0.3) is 0 Å². The molecule has 4 nitrogen and oxygen atoms in total. The van der Waals surface area contributed by atoms with Gasteiger partial charge in [0.05, 0.1) is 0 Å². The van der Waals surface area contributed by atoms with Gasteiger partial charge in [-0.1, -0.05) is 24.4 Å². The first kappa shape index (κ1) is 12.0. The summed E-state index contributed by atoms with van der Waals surface area (Å²) in [5.74, 6) is 2.03. The van der Waals surface area contributed by atoms with E-state index in [0.717, 1.165) is 18.3 Å². The van der Waals surface area contributed by atoms with Crippen LogP contribution < -0.4 is 10.6 Å². The fourth-order valence-electron chi connectivity index (χ4n) is 3.46. The first-order chi connectivity index (χ1) is 8.77. The molecule has 0 unspecified atom stereocenters. The summed E-state index contributed by atoms with van der Waals surface area (Å²) < 4.78 is 0. The molecule has 0 amide bonds. The quantitative estimate of drug-likeness (QED) is 0.849. The zero-order valence-electron chi connectivity index (χ0n) is 10.5. The van der Waals surface area contributed by atoms with E-state index < -0.39 is 0 Å². The second-order valence-electron chi connectivity index (χ2n) is 5.34. The first-order valence-corrected chi connectivity index (χ1v) is 7.18. The maximum atomic E-state index is 6.27. The van der Waals surface area contributed by atoms with Crippen molar-refractivity contribution in [3.8, 4) is 0 Å². The lowest BCUT2D eigenvalue weighted by atomic mass is 9.78. The Labute approximate surface area is 113 Å². The summed E-state index contributed by atoms with van der Waals surface area (Å²) in [6.45, 7) is 1.04. The highest BCUT2D eigenvalue weighted by Gasteiger charge is 2.34. The first-order valence-electron chi connectivity index (χ1n) is 6.80. The zero-order valence-corrected chi connectivity index (χ0v) is 11.2.